The molecule has 0 radical (unpaired) electrons. The molecule has 0 aliphatic rings. The van der Waals surface area contributed by atoms with Crippen molar-refractivity contribution >= 4 is 5.84 Å². The van der Waals surface area contributed by atoms with E-state index in [1.165, 1.54) is 12.1 Å². The molecule has 0 aromatic heterocycles. The maximum atomic E-state index is 13.0. The quantitative estimate of drug-likeness (QED) is 0.464. The third-order valence-corrected chi connectivity index (χ3v) is 3.08. The van der Waals surface area contributed by atoms with Crippen LogP contribution < -0.4 is 10.5 Å². The zero-order valence-corrected chi connectivity index (χ0v) is 11.2. The van der Waals surface area contributed by atoms with E-state index in [0.29, 0.717) is 12.4 Å². The van der Waals surface area contributed by atoms with Gasteiger partial charge in [0, 0.05) is 11.5 Å². The Labute approximate surface area is 108 Å². The Bertz CT molecular complexity index is 430. The largest absolute Gasteiger partial charge is 0.493 e. The molecule has 0 aliphatic carbocycles. The molecule has 0 saturated heterocycles. The first-order chi connectivity index (χ1) is 8.33. The number of halogens is 1. The highest BCUT2D eigenvalue weighted by atomic mass is 19.1. The predicted octanol–water partition coefficient (Wildman–Crippen LogP) is 3.26. The summed E-state index contributed by atoms with van der Waals surface area (Å²) in [5.74, 6) is 0.472. The lowest BCUT2D eigenvalue weighted by molar-refractivity contribution is 0.284. The van der Waals surface area contributed by atoms with E-state index in [1.54, 1.807) is 6.07 Å². The van der Waals surface area contributed by atoms with Gasteiger partial charge in [0.25, 0.3) is 0 Å². The molecule has 100 valence electrons. The second-order valence-electron chi connectivity index (χ2n) is 5.16. The third kappa shape index (κ3) is 4.02. The zero-order chi connectivity index (χ0) is 13.8. The van der Waals surface area contributed by atoms with Crippen LogP contribution in [0.5, 0.6) is 5.75 Å². The predicted molar refractivity (Wildman–Crippen MR) is 71.6 cm³/mol. The van der Waals surface area contributed by atoms with Crippen LogP contribution in [0.2, 0.25) is 0 Å². The number of hydrogen-bond donors (Lipinski definition) is 2. The lowest BCUT2D eigenvalue weighted by Crippen LogP contribution is -2.31. The number of aryl methyl sites for hydroxylation is 1. The smallest absolute Gasteiger partial charge is 0.126 e. The Kier molecular flexibility index (Phi) is 4.70. The van der Waals surface area contributed by atoms with Crippen LogP contribution in [-0.4, -0.2) is 12.4 Å². The molecule has 1 rings (SSSR count). The summed E-state index contributed by atoms with van der Waals surface area (Å²) in [4.78, 5) is 0. The molecule has 1 aromatic rings. The van der Waals surface area contributed by atoms with E-state index in [4.69, 9.17) is 15.9 Å². The standard InChI is InChI=1S/C14H21FN2O/c1-10-5-6-11(15)9-12(10)18-8-4-7-14(2,3)13(16)17/h5-6,9H,4,7-8H2,1-3H3,(H3,16,17). The lowest BCUT2D eigenvalue weighted by atomic mass is 9.87. The van der Waals surface area contributed by atoms with Gasteiger partial charge in [-0.25, -0.2) is 4.39 Å². The van der Waals surface area contributed by atoms with Crippen molar-refractivity contribution in [2.45, 2.75) is 33.6 Å². The van der Waals surface area contributed by atoms with Gasteiger partial charge in [0.2, 0.25) is 0 Å². The highest BCUT2D eigenvalue weighted by molar-refractivity contribution is 5.82. The molecule has 0 bridgehead atoms. The molecular weight excluding hydrogens is 231 g/mol. The first-order valence-electron chi connectivity index (χ1n) is 6.06. The van der Waals surface area contributed by atoms with E-state index < -0.39 is 0 Å². The van der Waals surface area contributed by atoms with Gasteiger partial charge in [-0.2, -0.15) is 0 Å². The highest BCUT2D eigenvalue weighted by Crippen LogP contribution is 2.23. The van der Waals surface area contributed by atoms with E-state index in [-0.39, 0.29) is 17.1 Å². The van der Waals surface area contributed by atoms with Crippen molar-refractivity contribution in [3.63, 3.8) is 0 Å². The first kappa shape index (κ1) is 14.5. The van der Waals surface area contributed by atoms with Crippen molar-refractivity contribution in [2.75, 3.05) is 6.61 Å². The topological polar surface area (TPSA) is 59.1 Å². The van der Waals surface area contributed by atoms with E-state index in [9.17, 15) is 4.39 Å². The average Bonchev–Trinajstić information content (AvgIpc) is 2.28. The fraction of sp³-hybridized carbons (Fsp3) is 0.500. The molecule has 3 N–H and O–H groups in total. The summed E-state index contributed by atoms with van der Waals surface area (Å²) in [5.41, 5.74) is 6.11. The molecule has 0 heterocycles. The fourth-order valence-corrected chi connectivity index (χ4v) is 1.56. The minimum Gasteiger partial charge on any atom is -0.493 e. The van der Waals surface area contributed by atoms with Gasteiger partial charge in [0.1, 0.15) is 11.6 Å². The molecular formula is C14H21FN2O. The summed E-state index contributed by atoms with van der Waals surface area (Å²) >= 11 is 0. The van der Waals surface area contributed by atoms with Crippen LogP contribution in [0, 0.1) is 23.6 Å². The van der Waals surface area contributed by atoms with E-state index in [0.717, 1.165) is 18.4 Å². The number of amidine groups is 1. The molecule has 0 saturated carbocycles. The van der Waals surface area contributed by atoms with Crippen LogP contribution in [-0.2, 0) is 0 Å². The lowest BCUT2D eigenvalue weighted by Gasteiger charge is -2.22. The van der Waals surface area contributed by atoms with Crippen LogP contribution in [0.15, 0.2) is 18.2 Å². The van der Waals surface area contributed by atoms with Crippen LogP contribution in [0.4, 0.5) is 4.39 Å². The van der Waals surface area contributed by atoms with Gasteiger partial charge in [-0.15, -0.1) is 0 Å². The van der Waals surface area contributed by atoms with Gasteiger partial charge in [0.15, 0.2) is 0 Å². The van der Waals surface area contributed by atoms with Gasteiger partial charge in [-0.05, 0) is 31.4 Å². The molecule has 0 atom stereocenters. The van der Waals surface area contributed by atoms with Gasteiger partial charge >= 0.3 is 0 Å². The maximum absolute atomic E-state index is 13.0. The molecule has 0 spiro atoms. The zero-order valence-electron chi connectivity index (χ0n) is 11.2. The second kappa shape index (κ2) is 5.85. The third-order valence-electron chi connectivity index (χ3n) is 3.08. The van der Waals surface area contributed by atoms with E-state index in [1.807, 2.05) is 20.8 Å². The summed E-state index contributed by atoms with van der Waals surface area (Å²) in [6.45, 7) is 6.25. The van der Waals surface area contributed by atoms with Crippen molar-refractivity contribution in [3.05, 3.63) is 29.6 Å². The van der Waals surface area contributed by atoms with Crippen molar-refractivity contribution in [3.8, 4) is 5.75 Å². The number of ether oxygens (including phenoxy) is 1. The number of nitrogens with two attached hydrogens (primary N) is 1. The minimum absolute atomic E-state index is 0.185. The van der Waals surface area contributed by atoms with Crippen LogP contribution in [0.25, 0.3) is 0 Å². The van der Waals surface area contributed by atoms with Crippen LogP contribution in [0.1, 0.15) is 32.3 Å². The van der Waals surface area contributed by atoms with Gasteiger partial charge in [0.05, 0.1) is 12.4 Å². The average molecular weight is 252 g/mol. The number of hydrogen-bond acceptors (Lipinski definition) is 2. The molecule has 0 aliphatic heterocycles. The van der Waals surface area contributed by atoms with Crippen molar-refractivity contribution in [1.82, 2.24) is 0 Å². The number of nitrogens with one attached hydrogen (secondary N) is 1. The Morgan fingerprint density at radius 2 is 2.11 bits per heavy atom. The maximum Gasteiger partial charge on any atom is 0.126 e. The minimum atomic E-state index is -0.305. The monoisotopic (exact) mass is 252 g/mol. The number of benzene rings is 1. The highest BCUT2D eigenvalue weighted by Gasteiger charge is 2.20. The summed E-state index contributed by atoms with van der Waals surface area (Å²) in [7, 11) is 0. The van der Waals surface area contributed by atoms with Crippen molar-refractivity contribution in [1.29, 1.82) is 5.41 Å². The second-order valence-corrected chi connectivity index (χ2v) is 5.16. The van der Waals surface area contributed by atoms with Gasteiger partial charge < -0.3 is 10.5 Å². The molecule has 18 heavy (non-hydrogen) atoms. The molecule has 1 aromatic carbocycles. The summed E-state index contributed by atoms with van der Waals surface area (Å²) in [5, 5.41) is 7.45. The van der Waals surface area contributed by atoms with Gasteiger partial charge in [-0.1, -0.05) is 19.9 Å². The summed E-state index contributed by atoms with van der Waals surface area (Å²) in [6, 6.07) is 4.51. The Morgan fingerprint density at radius 3 is 2.72 bits per heavy atom. The normalized spacial score (nSPS) is 11.3. The molecule has 3 nitrogen and oxygen atoms in total. The van der Waals surface area contributed by atoms with E-state index in [2.05, 4.69) is 0 Å². The summed E-state index contributed by atoms with van der Waals surface area (Å²) < 4.78 is 18.6. The Morgan fingerprint density at radius 1 is 1.44 bits per heavy atom. The van der Waals surface area contributed by atoms with Gasteiger partial charge in [-0.3, -0.25) is 5.41 Å². The van der Waals surface area contributed by atoms with Crippen LogP contribution in [0.3, 0.4) is 0 Å². The van der Waals surface area contributed by atoms with Crippen molar-refractivity contribution in [2.24, 2.45) is 11.1 Å². The Balaban J connectivity index is 2.43. The van der Waals surface area contributed by atoms with E-state index >= 15 is 0 Å². The first-order valence-corrected chi connectivity index (χ1v) is 6.06. The SMILES string of the molecule is Cc1ccc(F)cc1OCCCC(C)(C)C(=N)N. The number of rotatable bonds is 6. The Hall–Kier alpha value is -1.58. The summed E-state index contributed by atoms with van der Waals surface area (Å²) in [6.07, 6.45) is 1.55. The van der Waals surface area contributed by atoms with Crippen molar-refractivity contribution < 1.29 is 9.13 Å². The molecule has 0 fully saturated rings. The molecule has 0 amide bonds. The van der Waals surface area contributed by atoms with Crippen LogP contribution >= 0.6 is 0 Å². The fourth-order valence-electron chi connectivity index (χ4n) is 1.56. The molecule has 0 unspecified atom stereocenters. The molecule has 4 heteroatoms.